The highest BCUT2D eigenvalue weighted by Gasteiger charge is 2.23. The van der Waals surface area contributed by atoms with Gasteiger partial charge in [-0.3, -0.25) is 10.1 Å². The van der Waals surface area contributed by atoms with E-state index in [2.05, 4.69) is 25.1 Å². The molecule has 1 aliphatic heterocycles. The molecule has 16 heavy (non-hydrogen) atoms. The molecule has 1 N–H and O–H groups in total. The zero-order chi connectivity index (χ0) is 12.0. The Morgan fingerprint density at radius 1 is 1.50 bits per heavy atom. The molecular formula is C13H22N2O. The summed E-state index contributed by atoms with van der Waals surface area (Å²) < 4.78 is 0. The number of likely N-dealkylation sites (tertiary alicyclic amines) is 1. The lowest BCUT2D eigenvalue weighted by Gasteiger charge is -2.33. The maximum atomic E-state index is 11.7. The fourth-order valence-electron chi connectivity index (χ4n) is 2.17. The third-order valence-electron chi connectivity index (χ3n) is 3.34. The molecule has 1 amide bonds. The van der Waals surface area contributed by atoms with E-state index in [1.807, 2.05) is 4.90 Å². The number of hydrogen-bond acceptors (Lipinski definition) is 2. The summed E-state index contributed by atoms with van der Waals surface area (Å²) in [7, 11) is 0. The van der Waals surface area contributed by atoms with Crippen molar-refractivity contribution in [1.29, 1.82) is 0 Å². The van der Waals surface area contributed by atoms with E-state index in [-0.39, 0.29) is 5.91 Å². The molecule has 0 saturated carbocycles. The van der Waals surface area contributed by atoms with Crippen molar-refractivity contribution in [2.24, 2.45) is 11.8 Å². The second kappa shape index (κ2) is 6.55. The lowest BCUT2D eigenvalue weighted by atomic mass is 9.87. The molecule has 0 unspecified atom stereocenters. The molecule has 3 nitrogen and oxygen atoms in total. The van der Waals surface area contributed by atoms with Crippen LogP contribution in [0.25, 0.3) is 0 Å². The number of nitrogens with one attached hydrogen (secondary N) is 1. The second-order valence-corrected chi connectivity index (χ2v) is 4.77. The summed E-state index contributed by atoms with van der Waals surface area (Å²) in [4.78, 5) is 13.7. The van der Waals surface area contributed by atoms with Crippen LogP contribution in [-0.2, 0) is 4.79 Å². The summed E-state index contributed by atoms with van der Waals surface area (Å²) in [6.45, 7) is 7.16. The monoisotopic (exact) mass is 222 g/mol. The van der Waals surface area contributed by atoms with E-state index < -0.39 is 0 Å². The number of carbonyl (C=O) groups is 1. The zero-order valence-electron chi connectivity index (χ0n) is 10.3. The molecule has 0 aromatic heterocycles. The Kier molecular flexibility index (Phi) is 5.34. The van der Waals surface area contributed by atoms with Crippen LogP contribution >= 0.6 is 0 Å². The molecule has 1 saturated heterocycles. The molecule has 0 radical (unpaired) electrons. The van der Waals surface area contributed by atoms with Crippen molar-refractivity contribution in [3.63, 3.8) is 0 Å². The Labute approximate surface area is 98.6 Å². The zero-order valence-corrected chi connectivity index (χ0v) is 10.3. The van der Waals surface area contributed by atoms with Crippen molar-refractivity contribution < 1.29 is 4.79 Å². The minimum Gasteiger partial charge on any atom is -0.342 e. The maximum absolute atomic E-state index is 11.7. The Morgan fingerprint density at radius 2 is 2.12 bits per heavy atom. The van der Waals surface area contributed by atoms with Crippen LogP contribution in [0.1, 0.15) is 26.7 Å². The van der Waals surface area contributed by atoms with Gasteiger partial charge in [0, 0.05) is 13.1 Å². The fourth-order valence-corrected chi connectivity index (χ4v) is 2.17. The minimum atomic E-state index is 0.178. The van der Waals surface area contributed by atoms with Crippen LogP contribution < -0.4 is 5.32 Å². The molecular weight excluding hydrogens is 200 g/mol. The van der Waals surface area contributed by atoms with Gasteiger partial charge >= 0.3 is 0 Å². The van der Waals surface area contributed by atoms with Crippen LogP contribution in [0.3, 0.4) is 0 Å². The van der Waals surface area contributed by atoms with Gasteiger partial charge in [0.25, 0.3) is 0 Å². The third kappa shape index (κ3) is 3.86. The molecule has 0 spiro atoms. The number of hydrogen-bond donors (Lipinski definition) is 1. The summed E-state index contributed by atoms with van der Waals surface area (Å²) in [5, 5.41) is 2.94. The van der Waals surface area contributed by atoms with Gasteiger partial charge in [0.05, 0.1) is 13.1 Å². The van der Waals surface area contributed by atoms with E-state index in [0.29, 0.717) is 13.1 Å². The molecule has 0 bridgehead atoms. The van der Waals surface area contributed by atoms with E-state index in [1.165, 1.54) is 0 Å². The average Bonchev–Trinajstić information content (AvgIpc) is 2.29. The van der Waals surface area contributed by atoms with Crippen LogP contribution in [0.15, 0.2) is 0 Å². The maximum Gasteiger partial charge on any atom is 0.236 e. The molecule has 1 heterocycles. The largest absolute Gasteiger partial charge is 0.342 e. The van der Waals surface area contributed by atoms with Crippen LogP contribution in [0.4, 0.5) is 0 Å². The second-order valence-electron chi connectivity index (χ2n) is 4.77. The number of nitrogens with zero attached hydrogens (tertiary/aromatic N) is 1. The molecule has 0 aliphatic carbocycles. The first-order chi connectivity index (χ1) is 7.65. The predicted octanol–water partition coefficient (Wildman–Crippen LogP) is 1.10. The van der Waals surface area contributed by atoms with Gasteiger partial charge in [-0.15, -0.1) is 6.42 Å². The Morgan fingerprint density at radius 3 is 2.62 bits per heavy atom. The summed E-state index contributed by atoms with van der Waals surface area (Å²) in [5.41, 5.74) is 0. The van der Waals surface area contributed by atoms with E-state index in [1.54, 1.807) is 0 Å². The SMILES string of the molecule is C#CCNCC(=O)N1CCC(C(C)C)CC1. The molecule has 3 heteroatoms. The van der Waals surface area contributed by atoms with Crippen molar-refractivity contribution in [2.75, 3.05) is 26.2 Å². The van der Waals surface area contributed by atoms with Gasteiger partial charge in [0.2, 0.25) is 5.91 Å². The highest BCUT2D eigenvalue weighted by Crippen LogP contribution is 2.24. The lowest BCUT2D eigenvalue weighted by Crippen LogP contribution is -2.43. The van der Waals surface area contributed by atoms with Gasteiger partial charge in [-0.25, -0.2) is 0 Å². The van der Waals surface area contributed by atoms with Crippen molar-refractivity contribution in [3.8, 4) is 12.3 Å². The number of amides is 1. The summed E-state index contributed by atoms with van der Waals surface area (Å²) in [5.74, 6) is 4.16. The quantitative estimate of drug-likeness (QED) is 0.571. The Balaban J connectivity index is 2.25. The van der Waals surface area contributed by atoms with Crippen LogP contribution in [0.5, 0.6) is 0 Å². The first-order valence-electron chi connectivity index (χ1n) is 6.07. The van der Waals surface area contributed by atoms with Gasteiger partial charge < -0.3 is 4.90 Å². The lowest BCUT2D eigenvalue weighted by molar-refractivity contribution is -0.131. The van der Waals surface area contributed by atoms with E-state index in [9.17, 15) is 4.79 Å². The van der Waals surface area contributed by atoms with Gasteiger partial charge in [0.15, 0.2) is 0 Å². The normalized spacial score (nSPS) is 17.5. The fraction of sp³-hybridized carbons (Fsp3) is 0.769. The van der Waals surface area contributed by atoms with Crippen molar-refractivity contribution in [1.82, 2.24) is 10.2 Å². The molecule has 1 aliphatic rings. The van der Waals surface area contributed by atoms with Crippen molar-refractivity contribution >= 4 is 5.91 Å². The first-order valence-corrected chi connectivity index (χ1v) is 6.07. The number of terminal acetylenes is 1. The summed E-state index contributed by atoms with van der Waals surface area (Å²) in [6, 6.07) is 0. The molecule has 0 aromatic rings. The highest BCUT2D eigenvalue weighted by molar-refractivity contribution is 5.78. The van der Waals surface area contributed by atoms with Gasteiger partial charge in [0.1, 0.15) is 0 Å². The van der Waals surface area contributed by atoms with Gasteiger partial charge in [-0.05, 0) is 24.7 Å². The van der Waals surface area contributed by atoms with Crippen LogP contribution in [0.2, 0.25) is 0 Å². The number of rotatable bonds is 4. The number of piperidine rings is 1. The van der Waals surface area contributed by atoms with Crippen LogP contribution in [-0.4, -0.2) is 37.0 Å². The topological polar surface area (TPSA) is 32.3 Å². The van der Waals surface area contributed by atoms with E-state index >= 15 is 0 Å². The number of carbonyl (C=O) groups excluding carboxylic acids is 1. The molecule has 1 fully saturated rings. The molecule has 1 rings (SSSR count). The van der Waals surface area contributed by atoms with Gasteiger partial charge in [-0.1, -0.05) is 19.8 Å². The van der Waals surface area contributed by atoms with Crippen molar-refractivity contribution in [2.45, 2.75) is 26.7 Å². The van der Waals surface area contributed by atoms with E-state index in [0.717, 1.165) is 37.8 Å². The van der Waals surface area contributed by atoms with Crippen molar-refractivity contribution in [3.05, 3.63) is 0 Å². The van der Waals surface area contributed by atoms with Gasteiger partial charge in [-0.2, -0.15) is 0 Å². The minimum absolute atomic E-state index is 0.178. The van der Waals surface area contributed by atoms with Crippen LogP contribution in [0, 0.1) is 24.2 Å². The third-order valence-corrected chi connectivity index (χ3v) is 3.34. The Hall–Kier alpha value is -1.01. The predicted molar refractivity (Wildman–Crippen MR) is 65.8 cm³/mol. The van der Waals surface area contributed by atoms with E-state index in [4.69, 9.17) is 6.42 Å². The molecule has 0 aromatic carbocycles. The first kappa shape index (κ1) is 13.1. The standard InChI is InChI=1S/C13H22N2O/c1-4-7-14-10-13(16)15-8-5-12(6-9-15)11(2)3/h1,11-12,14H,5-10H2,2-3H3. The smallest absolute Gasteiger partial charge is 0.236 e. The Bertz CT molecular complexity index is 260. The summed E-state index contributed by atoms with van der Waals surface area (Å²) in [6.07, 6.45) is 7.38. The highest BCUT2D eigenvalue weighted by atomic mass is 16.2. The average molecular weight is 222 g/mol. The summed E-state index contributed by atoms with van der Waals surface area (Å²) >= 11 is 0. The molecule has 90 valence electrons. The molecule has 0 atom stereocenters.